The average Bonchev–Trinajstić information content (AvgIpc) is 2.30. The van der Waals surface area contributed by atoms with Crippen molar-refractivity contribution in [1.82, 2.24) is 10.3 Å². The maximum Gasteiger partial charge on any atom is 0.408 e. The predicted molar refractivity (Wildman–Crippen MR) is 65.3 cm³/mol. The van der Waals surface area contributed by atoms with Crippen molar-refractivity contribution in [3.63, 3.8) is 0 Å². The Bertz CT molecular complexity index is 319. The fraction of sp³-hybridized carbons (Fsp3) is 0.455. The molecule has 88 valence electrons. The second kappa shape index (κ2) is 7.22. The number of alkyl carbamates (subject to hydrolysis) is 1. The minimum atomic E-state index is -0.430. The standard InChI is InChI=1S/C11H15BrN2O2/c1-2-3-8-16-11(15)14-10(12)9-6-4-5-7-13-9/h4-7,10H,2-3,8H2,1H3,(H,14,15). The summed E-state index contributed by atoms with van der Waals surface area (Å²) < 4.78 is 4.97. The molecule has 0 aliphatic heterocycles. The number of aromatic nitrogens is 1. The van der Waals surface area contributed by atoms with E-state index < -0.39 is 6.09 Å². The molecule has 0 aromatic carbocycles. The number of hydrogen-bond donors (Lipinski definition) is 1. The van der Waals surface area contributed by atoms with E-state index in [1.165, 1.54) is 0 Å². The molecular formula is C11H15BrN2O2. The van der Waals surface area contributed by atoms with E-state index in [-0.39, 0.29) is 4.95 Å². The molecule has 1 heterocycles. The number of hydrogen-bond acceptors (Lipinski definition) is 3. The fourth-order valence-corrected chi connectivity index (χ4v) is 1.51. The van der Waals surface area contributed by atoms with Gasteiger partial charge < -0.3 is 10.1 Å². The lowest BCUT2D eigenvalue weighted by molar-refractivity contribution is 0.144. The van der Waals surface area contributed by atoms with Crippen molar-refractivity contribution in [1.29, 1.82) is 0 Å². The van der Waals surface area contributed by atoms with Crippen LogP contribution in [0.3, 0.4) is 0 Å². The SMILES string of the molecule is CCCCOC(=O)NC(Br)c1ccccn1. The molecule has 1 rings (SSSR count). The number of pyridine rings is 1. The van der Waals surface area contributed by atoms with Gasteiger partial charge in [0.15, 0.2) is 0 Å². The largest absolute Gasteiger partial charge is 0.450 e. The first kappa shape index (κ1) is 13.0. The molecule has 0 spiro atoms. The number of unbranched alkanes of at least 4 members (excludes halogenated alkanes) is 1. The van der Waals surface area contributed by atoms with Gasteiger partial charge in [0, 0.05) is 6.20 Å². The van der Waals surface area contributed by atoms with Gasteiger partial charge in [0.25, 0.3) is 0 Å². The molecular weight excluding hydrogens is 272 g/mol. The third-order valence-electron chi connectivity index (χ3n) is 1.92. The third kappa shape index (κ3) is 4.61. The van der Waals surface area contributed by atoms with E-state index >= 15 is 0 Å². The van der Waals surface area contributed by atoms with E-state index in [4.69, 9.17) is 4.74 Å². The van der Waals surface area contributed by atoms with Gasteiger partial charge in [-0.05, 0) is 18.6 Å². The van der Waals surface area contributed by atoms with Crippen molar-refractivity contribution >= 4 is 22.0 Å². The van der Waals surface area contributed by atoms with Crippen LogP contribution in [0, 0.1) is 0 Å². The van der Waals surface area contributed by atoms with Gasteiger partial charge in [0.05, 0.1) is 12.3 Å². The van der Waals surface area contributed by atoms with Gasteiger partial charge in [-0.25, -0.2) is 4.79 Å². The number of nitrogens with one attached hydrogen (secondary N) is 1. The summed E-state index contributed by atoms with van der Waals surface area (Å²) in [6.45, 7) is 2.49. The lowest BCUT2D eigenvalue weighted by Gasteiger charge is -2.11. The second-order valence-electron chi connectivity index (χ2n) is 3.25. The van der Waals surface area contributed by atoms with E-state index in [0.717, 1.165) is 18.5 Å². The Kier molecular flexibility index (Phi) is 5.85. The maximum absolute atomic E-state index is 11.3. The molecule has 1 atom stereocenters. The predicted octanol–water partition coefficient (Wildman–Crippen LogP) is 3.00. The number of nitrogens with zero attached hydrogens (tertiary/aromatic N) is 1. The summed E-state index contributed by atoms with van der Waals surface area (Å²) in [6.07, 6.45) is 3.13. The number of ether oxygens (including phenoxy) is 1. The van der Waals surface area contributed by atoms with Crippen LogP contribution in [0.15, 0.2) is 24.4 Å². The minimum Gasteiger partial charge on any atom is -0.450 e. The number of halogens is 1. The zero-order valence-electron chi connectivity index (χ0n) is 9.15. The molecule has 0 radical (unpaired) electrons. The summed E-state index contributed by atoms with van der Waals surface area (Å²) in [6, 6.07) is 5.51. The molecule has 16 heavy (non-hydrogen) atoms. The van der Waals surface area contributed by atoms with Gasteiger partial charge in [0.1, 0.15) is 4.95 Å². The fourth-order valence-electron chi connectivity index (χ4n) is 1.05. The van der Waals surface area contributed by atoms with Crippen molar-refractivity contribution in [2.45, 2.75) is 24.7 Å². The van der Waals surface area contributed by atoms with Crippen LogP contribution in [-0.4, -0.2) is 17.7 Å². The molecule has 0 saturated carbocycles. The number of amides is 1. The Balaban J connectivity index is 2.34. The highest BCUT2D eigenvalue weighted by molar-refractivity contribution is 9.09. The number of carbonyl (C=O) groups excluding carboxylic acids is 1. The van der Waals surface area contributed by atoms with Crippen LogP contribution in [-0.2, 0) is 4.74 Å². The lowest BCUT2D eigenvalue weighted by Crippen LogP contribution is -2.26. The Morgan fingerprint density at radius 1 is 1.62 bits per heavy atom. The molecule has 1 N–H and O–H groups in total. The first-order valence-electron chi connectivity index (χ1n) is 5.22. The summed E-state index contributed by atoms with van der Waals surface area (Å²) >= 11 is 3.32. The molecule has 0 aliphatic rings. The van der Waals surface area contributed by atoms with Gasteiger partial charge in [-0.2, -0.15) is 0 Å². The Morgan fingerprint density at radius 3 is 3.06 bits per heavy atom. The van der Waals surface area contributed by atoms with Crippen molar-refractivity contribution in [3.8, 4) is 0 Å². The van der Waals surface area contributed by atoms with E-state index in [0.29, 0.717) is 6.61 Å². The van der Waals surface area contributed by atoms with E-state index in [2.05, 4.69) is 26.2 Å². The van der Waals surface area contributed by atoms with Crippen LogP contribution < -0.4 is 5.32 Å². The summed E-state index contributed by atoms with van der Waals surface area (Å²) in [7, 11) is 0. The van der Waals surface area contributed by atoms with Crippen molar-refractivity contribution in [3.05, 3.63) is 30.1 Å². The molecule has 0 saturated heterocycles. The average molecular weight is 287 g/mol. The van der Waals surface area contributed by atoms with Gasteiger partial charge >= 0.3 is 6.09 Å². The first-order valence-corrected chi connectivity index (χ1v) is 6.14. The summed E-state index contributed by atoms with van der Waals surface area (Å²) in [5.74, 6) is 0. The molecule has 1 unspecified atom stereocenters. The third-order valence-corrected chi connectivity index (χ3v) is 2.62. The number of alkyl halides is 1. The molecule has 0 bridgehead atoms. The summed E-state index contributed by atoms with van der Waals surface area (Å²) in [5.41, 5.74) is 0.745. The van der Waals surface area contributed by atoms with Crippen LogP contribution in [0.5, 0.6) is 0 Å². The van der Waals surface area contributed by atoms with Crippen LogP contribution >= 0.6 is 15.9 Å². The van der Waals surface area contributed by atoms with Crippen molar-refractivity contribution in [2.75, 3.05) is 6.61 Å². The maximum atomic E-state index is 11.3. The topological polar surface area (TPSA) is 51.2 Å². The van der Waals surface area contributed by atoms with E-state index in [9.17, 15) is 4.79 Å². The zero-order valence-corrected chi connectivity index (χ0v) is 10.7. The molecule has 0 fully saturated rings. The van der Waals surface area contributed by atoms with E-state index in [1.807, 2.05) is 25.1 Å². The highest BCUT2D eigenvalue weighted by Gasteiger charge is 2.12. The molecule has 1 amide bonds. The second-order valence-corrected chi connectivity index (χ2v) is 4.17. The summed E-state index contributed by atoms with van der Waals surface area (Å²) in [4.78, 5) is 15.1. The highest BCUT2D eigenvalue weighted by Crippen LogP contribution is 2.16. The Morgan fingerprint density at radius 2 is 2.44 bits per heavy atom. The number of rotatable bonds is 5. The van der Waals surface area contributed by atoms with Gasteiger partial charge in [-0.15, -0.1) is 0 Å². The highest BCUT2D eigenvalue weighted by atomic mass is 79.9. The van der Waals surface area contributed by atoms with Gasteiger partial charge in [-0.3, -0.25) is 4.98 Å². The number of carbonyl (C=O) groups is 1. The van der Waals surface area contributed by atoms with Gasteiger partial charge in [-0.1, -0.05) is 35.3 Å². The molecule has 4 nitrogen and oxygen atoms in total. The minimum absolute atomic E-state index is 0.317. The first-order chi connectivity index (χ1) is 7.74. The molecule has 1 aromatic heterocycles. The van der Waals surface area contributed by atoms with Crippen LogP contribution in [0.1, 0.15) is 30.4 Å². The quantitative estimate of drug-likeness (QED) is 0.514. The molecule has 1 aromatic rings. The Hall–Kier alpha value is -1.10. The van der Waals surface area contributed by atoms with Crippen molar-refractivity contribution < 1.29 is 9.53 Å². The molecule has 0 aliphatic carbocycles. The monoisotopic (exact) mass is 286 g/mol. The Labute approximate surface area is 104 Å². The van der Waals surface area contributed by atoms with Crippen LogP contribution in [0.25, 0.3) is 0 Å². The van der Waals surface area contributed by atoms with E-state index in [1.54, 1.807) is 6.20 Å². The van der Waals surface area contributed by atoms with Crippen LogP contribution in [0.2, 0.25) is 0 Å². The summed E-state index contributed by atoms with van der Waals surface area (Å²) in [5, 5.41) is 2.65. The lowest BCUT2D eigenvalue weighted by atomic mass is 10.3. The van der Waals surface area contributed by atoms with Crippen molar-refractivity contribution in [2.24, 2.45) is 0 Å². The van der Waals surface area contributed by atoms with Gasteiger partial charge in [0.2, 0.25) is 0 Å². The normalized spacial score (nSPS) is 11.9. The molecule has 5 heteroatoms. The zero-order chi connectivity index (χ0) is 11.8. The smallest absolute Gasteiger partial charge is 0.408 e. The van der Waals surface area contributed by atoms with Crippen LogP contribution in [0.4, 0.5) is 4.79 Å².